The van der Waals surface area contributed by atoms with Crippen LogP contribution in [-0.4, -0.2) is 58.6 Å². The lowest BCUT2D eigenvalue weighted by molar-refractivity contribution is 0.0240. The molecule has 2 aliphatic rings. The monoisotopic (exact) mass is 447 g/mol. The summed E-state index contributed by atoms with van der Waals surface area (Å²) < 4.78 is 26.9. The first kappa shape index (κ1) is 21.9. The number of piperazine rings is 1. The van der Waals surface area contributed by atoms with E-state index in [9.17, 15) is 14.4 Å². The smallest absolute Gasteiger partial charge is 0.449 e. The maximum Gasteiger partial charge on any atom is 0.511 e. The maximum absolute atomic E-state index is 15.1. The molecule has 1 saturated heterocycles. The fourth-order valence-electron chi connectivity index (χ4n) is 3.85. The summed E-state index contributed by atoms with van der Waals surface area (Å²) in [4.78, 5) is 39.4. The zero-order chi connectivity index (χ0) is 23.2. The van der Waals surface area contributed by atoms with E-state index in [0.29, 0.717) is 37.4 Å². The molecule has 1 saturated carbocycles. The van der Waals surface area contributed by atoms with Crippen molar-refractivity contribution in [2.75, 3.05) is 31.1 Å². The number of carboxylic acid groups (broad SMARTS) is 1. The molecule has 1 aromatic heterocycles. The zero-order valence-electron chi connectivity index (χ0n) is 18.3. The van der Waals surface area contributed by atoms with Crippen molar-refractivity contribution in [2.45, 2.75) is 45.3 Å². The highest BCUT2D eigenvalue weighted by Gasteiger charge is 2.30. The molecule has 172 valence electrons. The minimum atomic E-state index is -1.59. The first-order valence-corrected chi connectivity index (χ1v) is 10.6. The van der Waals surface area contributed by atoms with Crippen LogP contribution in [0.3, 0.4) is 0 Å². The number of carbonyl (C=O) groups excluding carboxylic acids is 1. The minimum Gasteiger partial charge on any atom is -0.449 e. The second kappa shape index (κ2) is 7.99. The number of halogens is 1. The van der Waals surface area contributed by atoms with Gasteiger partial charge in [-0.15, -0.1) is 0 Å². The summed E-state index contributed by atoms with van der Waals surface area (Å²) >= 11 is 0. The highest BCUT2D eigenvalue weighted by Crippen LogP contribution is 2.39. The maximum atomic E-state index is 15.1. The van der Waals surface area contributed by atoms with Crippen LogP contribution in [0.25, 0.3) is 10.9 Å². The number of pyridine rings is 1. The van der Waals surface area contributed by atoms with Crippen LogP contribution in [-0.2, 0) is 4.74 Å². The highest BCUT2D eigenvalue weighted by molar-refractivity contribution is 5.85. The van der Waals surface area contributed by atoms with Gasteiger partial charge in [-0.1, -0.05) is 0 Å². The number of carbonyl (C=O) groups is 2. The summed E-state index contributed by atoms with van der Waals surface area (Å²) in [6.45, 7) is 7.00. The van der Waals surface area contributed by atoms with Gasteiger partial charge in [-0.05, 0) is 45.7 Å². The molecule has 1 amide bonds. The highest BCUT2D eigenvalue weighted by atomic mass is 19.1. The Bertz CT molecular complexity index is 1130. The molecule has 0 radical (unpaired) electrons. The predicted octanol–water partition coefficient (Wildman–Crippen LogP) is 3.59. The Morgan fingerprint density at radius 1 is 1.12 bits per heavy atom. The van der Waals surface area contributed by atoms with E-state index in [0.717, 1.165) is 18.9 Å². The van der Waals surface area contributed by atoms with Gasteiger partial charge in [0, 0.05) is 32.2 Å². The summed E-state index contributed by atoms with van der Waals surface area (Å²) in [6, 6.07) is 2.87. The molecule has 0 atom stereocenters. The second-order valence-electron chi connectivity index (χ2n) is 9.10. The first-order valence-electron chi connectivity index (χ1n) is 10.6. The molecule has 9 nitrogen and oxygen atoms in total. The van der Waals surface area contributed by atoms with Gasteiger partial charge < -0.3 is 28.9 Å². The van der Waals surface area contributed by atoms with Crippen LogP contribution in [0, 0.1) is 5.82 Å². The number of amides is 1. The van der Waals surface area contributed by atoms with Gasteiger partial charge in [0.1, 0.15) is 11.4 Å². The van der Waals surface area contributed by atoms with Gasteiger partial charge in [-0.3, -0.25) is 4.79 Å². The van der Waals surface area contributed by atoms with Gasteiger partial charge >= 0.3 is 12.2 Å². The van der Waals surface area contributed by atoms with Crippen LogP contribution >= 0.6 is 0 Å². The number of ether oxygens (including phenoxy) is 2. The van der Waals surface area contributed by atoms with Crippen LogP contribution in [0.5, 0.6) is 5.75 Å². The quantitative estimate of drug-likeness (QED) is 0.718. The lowest BCUT2D eigenvalue weighted by Crippen LogP contribution is -2.50. The molecule has 1 aliphatic carbocycles. The van der Waals surface area contributed by atoms with E-state index in [1.165, 1.54) is 6.20 Å². The topological polar surface area (TPSA) is 101 Å². The normalized spacial score (nSPS) is 16.9. The number of hydrogen-bond acceptors (Lipinski definition) is 6. The largest absolute Gasteiger partial charge is 0.511 e. The van der Waals surface area contributed by atoms with Crippen molar-refractivity contribution < 1.29 is 28.6 Å². The second-order valence-corrected chi connectivity index (χ2v) is 9.10. The minimum absolute atomic E-state index is 0.0734. The van der Waals surface area contributed by atoms with Gasteiger partial charge in [0.15, 0.2) is 5.75 Å². The fraction of sp³-hybridized carbons (Fsp3) is 0.500. The van der Waals surface area contributed by atoms with Crippen LogP contribution in [0.4, 0.5) is 19.7 Å². The van der Waals surface area contributed by atoms with Gasteiger partial charge in [0.25, 0.3) is 0 Å². The predicted molar refractivity (Wildman–Crippen MR) is 115 cm³/mol. The van der Waals surface area contributed by atoms with Crippen LogP contribution in [0.15, 0.2) is 23.1 Å². The Balaban J connectivity index is 1.63. The summed E-state index contributed by atoms with van der Waals surface area (Å²) in [5, 5.41) is 8.99. The van der Waals surface area contributed by atoms with Crippen molar-refractivity contribution in [3.05, 3.63) is 34.4 Å². The third-order valence-corrected chi connectivity index (χ3v) is 5.48. The van der Waals surface area contributed by atoms with Gasteiger partial charge in [0.05, 0.1) is 22.8 Å². The van der Waals surface area contributed by atoms with Gasteiger partial charge in [0.2, 0.25) is 5.43 Å². The number of fused-ring (bicyclic) bond motifs is 1. The molecule has 1 aliphatic heterocycles. The van der Waals surface area contributed by atoms with Crippen molar-refractivity contribution in [3.63, 3.8) is 0 Å². The molecule has 2 aromatic rings. The molecule has 2 fully saturated rings. The molecule has 10 heteroatoms. The lowest BCUT2D eigenvalue weighted by Gasteiger charge is -2.37. The Kier molecular flexibility index (Phi) is 5.47. The van der Waals surface area contributed by atoms with E-state index >= 15 is 4.39 Å². The third kappa shape index (κ3) is 4.49. The van der Waals surface area contributed by atoms with Gasteiger partial charge in [-0.25, -0.2) is 14.0 Å². The molecular weight excluding hydrogens is 421 g/mol. The fourth-order valence-corrected chi connectivity index (χ4v) is 3.85. The summed E-state index contributed by atoms with van der Waals surface area (Å²) in [6.07, 6.45) is 1.16. The summed E-state index contributed by atoms with van der Waals surface area (Å²) in [5.74, 6) is -0.926. The Morgan fingerprint density at radius 2 is 1.78 bits per heavy atom. The molecule has 0 unspecified atom stereocenters. The lowest BCUT2D eigenvalue weighted by atomic mass is 10.1. The third-order valence-electron chi connectivity index (χ3n) is 5.48. The molecule has 4 rings (SSSR count). The first-order chi connectivity index (χ1) is 15.0. The van der Waals surface area contributed by atoms with Crippen molar-refractivity contribution in [1.29, 1.82) is 0 Å². The van der Waals surface area contributed by atoms with Gasteiger partial charge in [-0.2, -0.15) is 0 Å². The number of rotatable bonds is 3. The standard InChI is InChI=1S/C22H26FN3O6/c1-22(2,3)32-20(28)25-8-6-24(7-9-25)17-11-16-14(10-15(17)23)19(27)18(31-21(29)30)12-26(16)13-4-5-13/h10-13H,4-9H2,1-3H3,(H,29,30). The zero-order valence-corrected chi connectivity index (χ0v) is 18.3. The molecule has 2 heterocycles. The number of anilines is 1. The van der Waals surface area contributed by atoms with E-state index in [1.807, 2.05) is 4.90 Å². The van der Waals surface area contributed by atoms with Crippen LogP contribution < -0.4 is 15.1 Å². The van der Waals surface area contributed by atoms with E-state index in [2.05, 4.69) is 4.74 Å². The number of nitrogens with zero attached hydrogens (tertiary/aromatic N) is 3. The van der Waals surface area contributed by atoms with Crippen molar-refractivity contribution in [1.82, 2.24) is 9.47 Å². The van der Waals surface area contributed by atoms with Crippen molar-refractivity contribution in [2.24, 2.45) is 0 Å². The summed E-state index contributed by atoms with van der Waals surface area (Å²) in [7, 11) is 0. The number of aromatic nitrogens is 1. The molecule has 0 spiro atoms. The van der Waals surface area contributed by atoms with Crippen molar-refractivity contribution >= 4 is 28.8 Å². The molecule has 1 aromatic carbocycles. The Hall–Kier alpha value is -3.30. The molecular formula is C22H26FN3O6. The number of hydrogen-bond donors (Lipinski definition) is 1. The van der Waals surface area contributed by atoms with E-state index in [4.69, 9.17) is 9.84 Å². The summed E-state index contributed by atoms with van der Waals surface area (Å²) in [5.41, 5.74) is -0.392. The average molecular weight is 447 g/mol. The Morgan fingerprint density at radius 3 is 2.34 bits per heavy atom. The Labute approximate surface area is 183 Å². The molecule has 0 bridgehead atoms. The average Bonchev–Trinajstić information content (AvgIpc) is 3.54. The van der Waals surface area contributed by atoms with Crippen molar-refractivity contribution in [3.8, 4) is 5.75 Å². The van der Waals surface area contributed by atoms with E-state index < -0.39 is 29.1 Å². The van der Waals surface area contributed by atoms with E-state index in [1.54, 1.807) is 36.3 Å². The molecule has 32 heavy (non-hydrogen) atoms. The molecule has 1 N–H and O–H groups in total. The number of benzene rings is 1. The van der Waals surface area contributed by atoms with Crippen LogP contribution in [0.2, 0.25) is 0 Å². The SMILES string of the molecule is CC(C)(C)OC(=O)N1CCN(c2cc3c(cc2F)c(=O)c(OC(=O)O)cn3C2CC2)CC1. The van der Waals surface area contributed by atoms with E-state index in [-0.39, 0.29) is 17.2 Å². The van der Waals surface area contributed by atoms with Crippen LogP contribution in [0.1, 0.15) is 39.7 Å².